The van der Waals surface area contributed by atoms with Crippen molar-refractivity contribution in [1.82, 2.24) is 10.6 Å². The molecule has 3 N–H and O–H groups in total. The van der Waals surface area contributed by atoms with Gasteiger partial charge in [-0.1, -0.05) is 37.0 Å². The van der Waals surface area contributed by atoms with E-state index in [2.05, 4.69) is 10.6 Å². The summed E-state index contributed by atoms with van der Waals surface area (Å²) >= 11 is 11.8. The van der Waals surface area contributed by atoms with E-state index in [9.17, 15) is 14.6 Å². The fourth-order valence-corrected chi connectivity index (χ4v) is 2.65. The Morgan fingerprint density at radius 2 is 2.17 bits per heavy atom. The van der Waals surface area contributed by atoms with Gasteiger partial charge in [-0.15, -0.1) is 0 Å². The SMILES string of the molecule is CC(C)CC1NC(=O)C(NC(=O)c2cc(Cl)ccc2Cl)OB1O. The van der Waals surface area contributed by atoms with Gasteiger partial charge < -0.3 is 20.3 Å². The highest BCUT2D eigenvalue weighted by molar-refractivity contribution is 6.46. The number of benzene rings is 1. The smallest absolute Gasteiger partial charge is 0.426 e. The number of nitrogens with one attached hydrogen (secondary N) is 2. The number of carbonyl (C=O) groups is 2. The van der Waals surface area contributed by atoms with Gasteiger partial charge in [-0.05, 0) is 30.5 Å². The van der Waals surface area contributed by atoms with Gasteiger partial charge in [0.25, 0.3) is 11.8 Å². The monoisotopic (exact) mass is 358 g/mol. The van der Waals surface area contributed by atoms with Crippen molar-refractivity contribution in [3.05, 3.63) is 33.8 Å². The van der Waals surface area contributed by atoms with Crippen LogP contribution in [0.2, 0.25) is 10.0 Å². The summed E-state index contributed by atoms with van der Waals surface area (Å²) in [6, 6.07) is 4.41. The van der Waals surface area contributed by atoms with Crippen molar-refractivity contribution in [3.63, 3.8) is 0 Å². The molecule has 1 aliphatic rings. The van der Waals surface area contributed by atoms with Crippen molar-refractivity contribution in [2.24, 2.45) is 5.92 Å². The maximum absolute atomic E-state index is 12.2. The van der Waals surface area contributed by atoms with Crippen LogP contribution >= 0.6 is 23.2 Å². The third-order valence-corrected chi connectivity index (χ3v) is 3.91. The summed E-state index contributed by atoms with van der Waals surface area (Å²) in [6.07, 6.45) is -0.732. The molecule has 2 unspecified atom stereocenters. The van der Waals surface area contributed by atoms with Gasteiger partial charge in [-0.25, -0.2) is 0 Å². The Labute approximate surface area is 144 Å². The minimum atomic E-state index is -1.30. The predicted octanol–water partition coefficient (Wildman–Crippen LogP) is 1.63. The number of rotatable bonds is 4. The number of hydrogen-bond donors (Lipinski definition) is 3. The highest BCUT2D eigenvalue weighted by atomic mass is 35.5. The van der Waals surface area contributed by atoms with E-state index in [1.54, 1.807) is 6.07 Å². The maximum atomic E-state index is 12.2. The fourth-order valence-electron chi connectivity index (χ4n) is 2.28. The average molecular weight is 359 g/mol. The highest BCUT2D eigenvalue weighted by Gasteiger charge is 2.40. The number of halogens is 2. The Hall–Kier alpha value is -1.28. The average Bonchev–Trinajstić information content (AvgIpc) is 2.46. The second-order valence-electron chi connectivity index (χ2n) is 5.75. The van der Waals surface area contributed by atoms with Crippen LogP contribution in [-0.4, -0.2) is 36.1 Å². The molecule has 2 rings (SSSR count). The molecule has 1 saturated heterocycles. The van der Waals surface area contributed by atoms with Crippen molar-refractivity contribution in [2.45, 2.75) is 32.4 Å². The largest absolute Gasteiger partial charge is 0.480 e. The van der Waals surface area contributed by atoms with Gasteiger partial charge in [0.1, 0.15) is 0 Å². The lowest BCUT2D eigenvalue weighted by atomic mass is 9.73. The van der Waals surface area contributed by atoms with Crippen LogP contribution < -0.4 is 10.6 Å². The number of amides is 2. The first-order valence-corrected chi connectivity index (χ1v) is 7.93. The molecule has 2 atom stereocenters. The lowest BCUT2D eigenvalue weighted by molar-refractivity contribution is -0.132. The Balaban J connectivity index is 2.04. The summed E-state index contributed by atoms with van der Waals surface area (Å²) in [7, 11) is -1.20. The molecule has 0 aromatic heterocycles. The van der Waals surface area contributed by atoms with Gasteiger partial charge in [0.05, 0.1) is 16.5 Å². The molecule has 1 aromatic rings. The zero-order chi connectivity index (χ0) is 17.1. The standard InChI is InChI=1S/C14H17BCl2N2O4/c1-7(2)5-11-15(22)23-14(13(21)18-11)19-12(20)9-6-8(16)3-4-10(9)17/h3-4,6-7,11,14,22H,5H2,1-2H3,(H,18,21)(H,19,20). The summed E-state index contributed by atoms with van der Waals surface area (Å²) in [4.78, 5) is 24.2. The van der Waals surface area contributed by atoms with E-state index in [-0.39, 0.29) is 16.5 Å². The second kappa shape index (κ2) is 7.53. The molecule has 1 fully saturated rings. The molecule has 9 heteroatoms. The van der Waals surface area contributed by atoms with Crippen LogP contribution in [0.1, 0.15) is 30.6 Å². The van der Waals surface area contributed by atoms with E-state index in [4.69, 9.17) is 27.9 Å². The molecule has 0 spiro atoms. The van der Waals surface area contributed by atoms with Crippen LogP contribution in [-0.2, 0) is 9.45 Å². The molecule has 6 nitrogen and oxygen atoms in total. The van der Waals surface area contributed by atoms with Crippen LogP contribution in [0, 0.1) is 5.92 Å². The summed E-state index contributed by atoms with van der Waals surface area (Å²) in [5.41, 5.74) is 0.120. The lowest BCUT2D eigenvalue weighted by Crippen LogP contribution is -2.63. The molecule has 0 aliphatic carbocycles. The van der Waals surface area contributed by atoms with Gasteiger partial charge >= 0.3 is 7.12 Å². The first kappa shape index (κ1) is 18.1. The summed E-state index contributed by atoms with van der Waals surface area (Å²) in [5, 5.41) is 15.5. The van der Waals surface area contributed by atoms with Crippen molar-refractivity contribution in [2.75, 3.05) is 0 Å². The molecule has 1 aromatic carbocycles. The van der Waals surface area contributed by atoms with E-state index in [1.807, 2.05) is 13.8 Å². The molecule has 1 aliphatic heterocycles. The van der Waals surface area contributed by atoms with Gasteiger partial charge in [0.2, 0.25) is 0 Å². The predicted molar refractivity (Wildman–Crippen MR) is 88.2 cm³/mol. The van der Waals surface area contributed by atoms with Crippen LogP contribution in [0.15, 0.2) is 18.2 Å². The highest BCUT2D eigenvalue weighted by Crippen LogP contribution is 2.21. The Morgan fingerprint density at radius 3 is 2.83 bits per heavy atom. The van der Waals surface area contributed by atoms with E-state index < -0.39 is 31.1 Å². The molecule has 0 bridgehead atoms. The Morgan fingerprint density at radius 1 is 1.48 bits per heavy atom. The third kappa shape index (κ3) is 4.60. The van der Waals surface area contributed by atoms with E-state index in [1.165, 1.54) is 12.1 Å². The second-order valence-corrected chi connectivity index (χ2v) is 6.59. The molecule has 1 heterocycles. The minimum absolute atomic E-state index is 0.120. The third-order valence-electron chi connectivity index (χ3n) is 3.35. The molecule has 23 heavy (non-hydrogen) atoms. The van der Waals surface area contributed by atoms with Crippen LogP contribution in [0.4, 0.5) is 0 Å². The first-order chi connectivity index (χ1) is 10.8. The summed E-state index contributed by atoms with van der Waals surface area (Å²) in [6.45, 7) is 3.93. The number of carbonyl (C=O) groups excluding carboxylic acids is 2. The zero-order valence-electron chi connectivity index (χ0n) is 12.7. The normalized spacial score (nSPS) is 21.3. The molecular formula is C14H17BCl2N2O4. The van der Waals surface area contributed by atoms with Crippen molar-refractivity contribution < 1.29 is 19.3 Å². The topological polar surface area (TPSA) is 87.7 Å². The first-order valence-electron chi connectivity index (χ1n) is 7.17. The number of hydrogen-bond acceptors (Lipinski definition) is 4. The van der Waals surface area contributed by atoms with Gasteiger partial charge in [0, 0.05) is 5.02 Å². The molecule has 0 saturated carbocycles. The summed E-state index contributed by atoms with van der Waals surface area (Å²) < 4.78 is 5.21. The van der Waals surface area contributed by atoms with E-state index in [0.717, 1.165) is 0 Å². The van der Waals surface area contributed by atoms with Crippen LogP contribution in [0.3, 0.4) is 0 Å². The van der Waals surface area contributed by atoms with Gasteiger partial charge in [0.15, 0.2) is 6.23 Å². The molecular weight excluding hydrogens is 342 g/mol. The zero-order valence-corrected chi connectivity index (χ0v) is 14.2. The van der Waals surface area contributed by atoms with Crippen LogP contribution in [0.5, 0.6) is 0 Å². The maximum Gasteiger partial charge on any atom is 0.480 e. The summed E-state index contributed by atoms with van der Waals surface area (Å²) in [5.74, 6) is -1.38. The van der Waals surface area contributed by atoms with Crippen molar-refractivity contribution in [3.8, 4) is 0 Å². The van der Waals surface area contributed by atoms with E-state index in [0.29, 0.717) is 11.4 Å². The van der Waals surface area contributed by atoms with Gasteiger partial charge in [-0.3, -0.25) is 9.59 Å². The minimum Gasteiger partial charge on any atom is -0.426 e. The van der Waals surface area contributed by atoms with Crippen molar-refractivity contribution in [1.29, 1.82) is 0 Å². The molecule has 2 amide bonds. The molecule has 124 valence electrons. The van der Waals surface area contributed by atoms with Crippen LogP contribution in [0.25, 0.3) is 0 Å². The lowest BCUT2D eigenvalue weighted by Gasteiger charge is -2.32. The quantitative estimate of drug-likeness (QED) is 0.714. The Bertz CT molecular complexity index is 614. The van der Waals surface area contributed by atoms with Gasteiger partial charge in [-0.2, -0.15) is 0 Å². The fraction of sp³-hybridized carbons (Fsp3) is 0.429. The van der Waals surface area contributed by atoms with Crippen molar-refractivity contribution >= 4 is 42.1 Å². The Kier molecular flexibility index (Phi) is 5.92. The molecule has 0 radical (unpaired) electrons. The van der Waals surface area contributed by atoms with E-state index >= 15 is 0 Å².